The standard InChI is InChI=1S/C6H17N3O2S2/c1-13(10,11)12-5-6(2-7,3-8)4-9/h2-5,7-9H2,1H3. The van der Waals surface area contributed by atoms with Crippen LogP contribution in [0.4, 0.5) is 0 Å². The van der Waals surface area contributed by atoms with Crippen molar-refractivity contribution in [2.75, 3.05) is 31.6 Å². The van der Waals surface area contributed by atoms with Crippen molar-refractivity contribution in [1.82, 2.24) is 0 Å². The second-order valence-electron chi connectivity index (χ2n) is 3.08. The van der Waals surface area contributed by atoms with Gasteiger partial charge in [-0.25, -0.2) is 8.42 Å². The van der Waals surface area contributed by atoms with Crippen LogP contribution < -0.4 is 17.2 Å². The number of rotatable bonds is 6. The maximum atomic E-state index is 10.9. The fraction of sp³-hybridized carbons (Fsp3) is 1.00. The van der Waals surface area contributed by atoms with Gasteiger partial charge < -0.3 is 17.2 Å². The molecule has 5 nitrogen and oxygen atoms in total. The van der Waals surface area contributed by atoms with Gasteiger partial charge >= 0.3 is 0 Å². The highest BCUT2D eigenvalue weighted by Crippen LogP contribution is 2.22. The average Bonchev–Trinajstić information content (AvgIpc) is 2.06. The third kappa shape index (κ3) is 4.82. The van der Waals surface area contributed by atoms with Crippen molar-refractivity contribution in [3.05, 3.63) is 0 Å². The first kappa shape index (κ1) is 13.2. The maximum Gasteiger partial charge on any atom is 0.198 e. The summed E-state index contributed by atoms with van der Waals surface area (Å²) in [6.45, 7) is 0.924. The minimum atomic E-state index is -3.04. The van der Waals surface area contributed by atoms with E-state index in [1.165, 1.54) is 0 Å². The van der Waals surface area contributed by atoms with Crippen LogP contribution in [0.2, 0.25) is 0 Å². The Labute approximate surface area is 82.7 Å². The molecule has 0 bridgehead atoms. The molecule has 13 heavy (non-hydrogen) atoms. The van der Waals surface area contributed by atoms with Gasteiger partial charge in [0.15, 0.2) is 8.87 Å². The summed E-state index contributed by atoms with van der Waals surface area (Å²) in [4.78, 5) is 0. The number of nitrogens with two attached hydrogens (primary N) is 3. The van der Waals surface area contributed by atoms with Gasteiger partial charge in [-0.3, -0.25) is 0 Å². The van der Waals surface area contributed by atoms with Crippen LogP contribution in [-0.2, 0) is 8.87 Å². The summed E-state index contributed by atoms with van der Waals surface area (Å²) in [5.74, 6) is 0.356. The third-order valence-corrected chi connectivity index (χ3v) is 4.67. The molecule has 0 heterocycles. The molecule has 80 valence electrons. The van der Waals surface area contributed by atoms with Crippen molar-refractivity contribution in [1.29, 1.82) is 0 Å². The molecular weight excluding hydrogens is 210 g/mol. The lowest BCUT2D eigenvalue weighted by atomic mass is 9.91. The molecule has 0 rings (SSSR count). The Morgan fingerprint density at radius 2 is 1.54 bits per heavy atom. The van der Waals surface area contributed by atoms with Crippen LogP contribution in [0.5, 0.6) is 0 Å². The lowest BCUT2D eigenvalue weighted by Crippen LogP contribution is -2.46. The molecule has 0 unspecified atom stereocenters. The summed E-state index contributed by atoms with van der Waals surface area (Å²) in [6, 6.07) is 0. The van der Waals surface area contributed by atoms with Crippen LogP contribution in [0, 0.1) is 5.41 Å². The molecule has 0 aromatic carbocycles. The van der Waals surface area contributed by atoms with E-state index in [2.05, 4.69) is 0 Å². The second kappa shape index (κ2) is 5.16. The zero-order valence-corrected chi connectivity index (χ0v) is 9.33. The summed E-state index contributed by atoms with van der Waals surface area (Å²) < 4.78 is 21.7. The summed E-state index contributed by atoms with van der Waals surface area (Å²) in [5.41, 5.74) is 16.0. The van der Waals surface area contributed by atoms with Crippen molar-refractivity contribution < 1.29 is 8.42 Å². The first-order valence-corrected chi connectivity index (χ1v) is 7.23. The third-order valence-electron chi connectivity index (χ3n) is 1.88. The Kier molecular flexibility index (Phi) is 5.23. The lowest BCUT2D eigenvalue weighted by molar-refractivity contribution is 0.371. The fourth-order valence-electron chi connectivity index (χ4n) is 0.659. The van der Waals surface area contributed by atoms with Gasteiger partial charge in [0.25, 0.3) is 0 Å². The van der Waals surface area contributed by atoms with E-state index in [4.69, 9.17) is 17.2 Å². The smallest absolute Gasteiger partial charge is 0.198 e. The van der Waals surface area contributed by atoms with Crippen LogP contribution in [0.3, 0.4) is 0 Å². The Balaban J connectivity index is 4.27. The van der Waals surface area contributed by atoms with Gasteiger partial charge in [-0.05, 0) is 10.8 Å². The van der Waals surface area contributed by atoms with E-state index in [9.17, 15) is 8.42 Å². The van der Waals surface area contributed by atoms with Gasteiger partial charge in [-0.15, -0.1) is 0 Å². The van der Waals surface area contributed by atoms with E-state index >= 15 is 0 Å². The maximum absolute atomic E-state index is 10.9. The number of hydrogen-bond donors (Lipinski definition) is 3. The SMILES string of the molecule is CS(=O)(=O)SCC(CN)(CN)CN. The van der Waals surface area contributed by atoms with E-state index < -0.39 is 14.3 Å². The topological polar surface area (TPSA) is 112 Å². The van der Waals surface area contributed by atoms with Gasteiger partial charge in [0.05, 0.1) is 0 Å². The Hall–Kier alpha value is 0.180. The first-order chi connectivity index (χ1) is 5.89. The van der Waals surface area contributed by atoms with Crippen molar-refractivity contribution in [3.8, 4) is 0 Å². The van der Waals surface area contributed by atoms with Gasteiger partial charge in [0.2, 0.25) is 0 Å². The van der Waals surface area contributed by atoms with E-state index in [0.717, 1.165) is 17.0 Å². The average molecular weight is 227 g/mol. The predicted molar refractivity (Wildman–Crippen MR) is 56.9 cm³/mol. The van der Waals surface area contributed by atoms with E-state index in [0.29, 0.717) is 25.4 Å². The summed E-state index contributed by atoms with van der Waals surface area (Å²) >= 11 is 0. The van der Waals surface area contributed by atoms with Gasteiger partial charge in [-0.2, -0.15) is 0 Å². The molecule has 6 N–H and O–H groups in total. The minimum absolute atomic E-state index is 0.308. The van der Waals surface area contributed by atoms with Crippen molar-refractivity contribution in [3.63, 3.8) is 0 Å². The zero-order chi connectivity index (χ0) is 10.5. The lowest BCUT2D eigenvalue weighted by Gasteiger charge is -2.28. The van der Waals surface area contributed by atoms with Gasteiger partial charge in [0.1, 0.15) is 0 Å². The van der Waals surface area contributed by atoms with E-state index in [-0.39, 0.29) is 0 Å². The molecule has 7 heteroatoms. The van der Waals surface area contributed by atoms with Crippen LogP contribution >= 0.6 is 10.8 Å². The highest BCUT2D eigenvalue weighted by Gasteiger charge is 2.27. The van der Waals surface area contributed by atoms with E-state index in [1.54, 1.807) is 0 Å². The molecule has 0 aromatic heterocycles. The predicted octanol–water partition coefficient (Wildman–Crippen LogP) is -1.46. The zero-order valence-electron chi connectivity index (χ0n) is 7.69. The molecule has 0 aromatic rings. The molecule has 0 atom stereocenters. The summed E-state index contributed by atoms with van der Waals surface area (Å²) in [6.07, 6.45) is 1.16. The summed E-state index contributed by atoms with van der Waals surface area (Å²) in [7, 11) is -2.19. The molecule has 0 saturated heterocycles. The molecule has 0 aliphatic heterocycles. The van der Waals surface area contributed by atoms with Crippen molar-refractivity contribution in [2.24, 2.45) is 22.6 Å². The molecule has 0 fully saturated rings. The number of hydrogen-bond acceptors (Lipinski definition) is 6. The van der Waals surface area contributed by atoms with Crippen molar-refractivity contribution >= 4 is 19.7 Å². The van der Waals surface area contributed by atoms with Crippen LogP contribution in [0.25, 0.3) is 0 Å². The van der Waals surface area contributed by atoms with Gasteiger partial charge in [0, 0.05) is 37.1 Å². The Morgan fingerprint density at radius 3 is 1.77 bits per heavy atom. The monoisotopic (exact) mass is 227 g/mol. The normalized spacial score (nSPS) is 13.2. The second-order valence-corrected chi connectivity index (χ2v) is 7.53. The summed E-state index contributed by atoms with van der Waals surface area (Å²) in [5, 5.41) is 0. The molecule has 0 amide bonds. The first-order valence-electron chi connectivity index (χ1n) is 3.84. The highest BCUT2D eigenvalue weighted by atomic mass is 33.1. The highest BCUT2D eigenvalue weighted by molar-refractivity contribution is 8.71. The van der Waals surface area contributed by atoms with Crippen LogP contribution in [0.1, 0.15) is 0 Å². The minimum Gasteiger partial charge on any atom is -0.330 e. The molecule has 0 aliphatic rings. The molecule has 0 aliphatic carbocycles. The molecule has 0 radical (unpaired) electrons. The van der Waals surface area contributed by atoms with Crippen LogP contribution in [0.15, 0.2) is 0 Å². The fourth-order valence-corrected chi connectivity index (χ4v) is 2.87. The molecule has 0 saturated carbocycles. The molecule has 0 spiro atoms. The van der Waals surface area contributed by atoms with Crippen LogP contribution in [-0.4, -0.2) is 40.1 Å². The van der Waals surface area contributed by atoms with Crippen molar-refractivity contribution in [2.45, 2.75) is 0 Å². The Bertz CT molecular complexity index is 228. The molecular formula is C6H17N3O2S2. The Morgan fingerprint density at radius 1 is 1.15 bits per heavy atom. The van der Waals surface area contributed by atoms with Gasteiger partial charge in [-0.1, -0.05) is 0 Å². The van der Waals surface area contributed by atoms with E-state index in [1.807, 2.05) is 0 Å². The quantitative estimate of drug-likeness (QED) is 0.478. The largest absolute Gasteiger partial charge is 0.330 e.